The Kier molecular flexibility index (Phi) is 14.8. The second-order valence-corrected chi connectivity index (χ2v) is 9.34. The number of amides is 2. The van der Waals surface area contributed by atoms with Crippen molar-refractivity contribution in [3.05, 3.63) is 23.8 Å². The Morgan fingerprint density at radius 1 is 1.03 bits per heavy atom. The molecule has 0 aromatic heterocycles. The smallest absolute Gasteiger partial charge is 0.871 e. The first-order valence-corrected chi connectivity index (χ1v) is 13.1. The zero-order valence-electron chi connectivity index (χ0n) is 22.6. The normalized spacial score (nSPS) is 23.0. The van der Waals surface area contributed by atoms with Crippen molar-refractivity contribution in [2.24, 2.45) is 5.92 Å². The van der Waals surface area contributed by atoms with Gasteiger partial charge in [-0.2, -0.15) is 0 Å². The van der Waals surface area contributed by atoms with Crippen molar-refractivity contribution in [2.75, 3.05) is 5.32 Å². The average Bonchev–Trinajstić information content (AvgIpc) is 2.89. The van der Waals surface area contributed by atoms with E-state index in [0.29, 0.717) is 25.7 Å². The topological polar surface area (TPSA) is 160 Å². The van der Waals surface area contributed by atoms with Crippen molar-refractivity contribution in [1.29, 1.82) is 0 Å². The number of nitrogens with one attached hydrogen (secondary N) is 2. The SMILES string of the molecule is CCCCCC[C@H]1C(=O)O[C@H](C)[C@H](NC(=O)c2cccc(NC=O)c2[O-])C(=O)O[C@@H](C)[C@@H]1OC(=O)CCC.[Ag+]. The average molecular weight is 641 g/mol. The molecule has 2 amide bonds. The second kappa shape index (κ2) is 16.9. The Labute approximate surface area is 244 Å². The number of para-hydroxylation sites is 1. The van der Waals surface area contributed by atoms with Gasteiger partial charge < -0.3 is 30.0 Å². The van der Waals surface area contributed by atoms with Crippen LogP contribution in [0.25, 0.3) is 0 Å². The number of carbonyl (C=O) groups excluding carboxylic acids is 5. The van der Waals surface area contributed by atoms with E-state index in [1.807, 2.05) is 6.92 Å². The van der Waals surface area contributed by atoms with Gasteiger partial charge in [0, 0.05) is 17.7 Å². The van der Waals surface area contributed by atoms with Gasteiger partial charge in [-0.05, 0) is 38.8 Å². The molecule has 2 rings (SSSR count). The van der Waals surface area contributed by atoms with Gasteiger partial charge in [-0.15, -0.1) is 0 Å². The van der Waals surface area contributed by atoms with Crippen molar-refractivity contribution >= 4 is 35.9 Å². The quantitative estimate of drug-likeness (QED) is 0.115. The molecule has 0 unspecified atom stereocenters. The third-order valence-electron chi connectivity index (χ3n) is 6.34. The van der Waals surface area contributed by atoms with Crippen molar-refractivity contribution in [3.8, 4) is 5.75 Å². The van der Waals surface area contributed by atoms with Crippen LogP contribution in [0.15, 0.2) is 18.2 Å². The number of esters is 3. The van der Waals surface area contributed by atoms with Crippen LogP contribution >= 0.6 is 0 Å². The van der Waals surface area contributed by atoms with Crippen LogP contribution in [0.5, 0.6) is 5.75 Å². The van der Waals surface area contributed by atoms with Crippen LogP contribution in [0.3, 0.4) is 0 Å². The molecule has 1 fully saturated rings. The minimum absolute atomic E-state index is 0. The molecule has 220 valence electrons. The minimum atomic E-state index is -1.44. The van der Waals surface area contributed by atoms with Gasteiger partial charge in [0.2, 0.25) is 6.41 Å². The van der Waals surface area contributed by atoms with Crippen LogP contribution in [0, 0.1) is 5.92 Å². The van der Waals surface area contributed by atoms with Crippen LogP contribution in [-0.2, 0) is 55.8 Å². The molecule has 0 aliphatic carbocycles. The molecule has 5 atom stereocenters. The van der Waals surface area contributed by atoms with Crippen molar-refractivity contribution < 1.29 is 65.7 Å². The summed E-state index contributed by atoms with van der Waals surface area (Å²) in [6.07, 6.45) is 1.65. The number of ether oxygens (including phenoxy) is 3. The molecular weight excluding hydrogens is 604 g/mol. The van der Waals surface area contributed by atoms with E-state index in [1.54, 1.807) is 0 Å². The van der Waals surface area contributed by atoms with E-state index in [4.69, 9.17) is 14.2 Å². The zero-order valence-corrected chi connectivity index (χ0v) is 24.1. The van der Waals surface area contributed by atoms with Crippen molar-refractivity contribution in [1.82, 2.24) is 5.32 Å². The Morgan fingerprint density at radius 2 is 1.72 bits per heavy atom. The van der Waals surface area contributed by atoms with Crippen molar-refractivity contribution in [2.45, 2.75) is 97.0 Å². The zero-order chi connectivity index (χ0) is 28.2. The van der Waals surface area contributed by atoms with E-state index in [1.165, 1.54) is 32.0 Å². The number of hydrogen-bond acceptors (Lipinski definition) is 9. The van der Waals surface area contributed by atoms with Crippen LogP contribution in [0.2, 0.25) is 0 Å². The molecule has 39 heavy (non-hydrogen) atoms. The molecule has 12 heteroatoms. The first-order valence-electron chi connectivity index (χ1n) is 13.1. The maximum atomic E-state index is 13.3. The summed E-state index contributed by atoms with van der Waals surface area (Å²) >= 11 is 0. The van der Waals surface area contributed by atoms with E-state index in [-0.39, 0.29) is 40.1 Å². The summed E-state index contributed by atoms with van der Waals surface area (Å²) in [6.45, 7) is 6.82. The first kappa shape index (κ1) is 34.1. The number of rotatable bonds is 12. The van der Waals surface area contributed by atoms with Gasteiger partial charge in [-0.25, -0.2) is 4.79 Å². The first-order chi connectivity index (χ1) is 18.1. The van der Waals surface area contributed by atoms with Gasteiger partial charge in [0.25, 0.3) is 5.91 Å². The van der Waals surface area contributed by atoms with Gasteiger partial charge in [0.05, 0.1) is 5.92 Å². The summed E-state index contributed by atoms with van der Waals surface area (Å²) in [6, 6.07) is 2.52. The summed E-state index contributed by atoms with van der Waals surface area (Å²) < 4.78 is 16.8. The summed E-state index contributed by atoms with van der Waals surface area (Å²) in [4.78, 5) is 62.4. The number of benzene rings is 1. The number of carbonyl (C=O) groups is 5. The van der Waals surface area contributed by atoms with Gasteiger partial charge in [0.15, 0.2) is 12.1 Å². The molecule has 1 aliphatic rings. The molecule has 1 heterocycles. The molecule has 1 aliphatic heterocycles. The molecule has 1 aromatic carbocycles. The maximum Gasteiger partial charge on any atom is 1.00 e. The molecule has 0 spiro atoms. The molecule has 11 nitrogen and oxygen atoms in total. The second-order valence-electron chi connectivity index (χ2n) is 9.34. The molecule has 1 aromatic rings. The predicted octanol–water partition coefficient (Wildman–Crippen LogP) is 2.60. The van der Waals surface area contributed by atoms with Crippen LogP contribution in [-0.4, -0.2) is 54.6 Å². The molecule has 0 saturated carbocycles. The molecule has 1 saturated heterocycles. The van der Waals surface area contributed by atoms with Gasteiger partial charge in [-0.3, -0.25) is 19.2 Å². The predicted molar refractivity (Wildman–Crippen MR) is 135 cm³/mol. The number of cyclic esters (lactones) is 2. The maximum absolute atomic E-state index is 13.3. The standard InChI is InChI=1S/C27H38N2O9.Ag/c1-5-7-8-9-12-19-24(38-21(31)11-6-2)17(4)37-27(35)22(16(3)36-26(19)34)29-25(33)18-13-10-14-20(23(18)32)28-15-30;/h10,13-17,19,22,24,32H,5-9,11-12H2,1-4H3,(H,28,30)(H,29,33);/q;+1/p-1/t16-,17+,19-,22+,24+;/m1./s1. The van der Waals surface area contributed by atoms with E-state index in [2.05, 4.69) is 17.6 Å². The van der Waals surface area contributed by atoms with Gasteiger partial charge >= 0.3 is 40.3 Å². The summed E-state index contributed by atoms with van der Waals surface area (Å²) in [7, 11) is 0. The molecule has 0 radical (unpaired) electrons. The fourth-order valence-electron chi connectivity index (χ4n) is 4.27. The van der Waals surface area contributed by atoms with Crippen LogP contribution in [0.4, 0.5) is 5.69 Å². The number of hydrogen-bond donors (Lipinski definition) is 2. The molecular formula is C27H37AgN2O9. The molecule has 0 bridgehead atoms. The summed E-state index contributed by atoms with van der Waals surface area (Å²) in [5.74, 6) is -4.63. The van der Waals surface area contributed by atoms with E-state index in [0.717, 1.165) is 19.3 Å². The van der Waals surface area contributed by atoms with Gasteiger partial charge in [0.1, 0.15) is 12.2 Å². The summed E-state index contributed by atoms with van der Waals surface area (Å²) in [5, 5.41) is 17.2. The third-order valence-corrected chi connectivity index (χ3v) is 6.34. The monoisotopic (exact) mass is 640 g/mol. The Hall–Kier alpha value is -2.89. The van der Waals surface area contributed by atoms with Crippen molar-refractivity contribution in [3.63, 3.8) is 0 Å². The van der Waals surface area contributed by atoms with E-state index < -0.39 is 59.8 Å². The minimum Gasteiger partial charge on any atom is -0.871 e. The number of anilines is 1. The Morgan fingerprint density at radius 3 is 2.36 bits per heavy atom. The fraction of sp³-hybridized carbons (Fsp3) is 0.593. The largest absolute Gasteiger partial charge is 1.00 e. The molecule has 2 N–H and O–H groups in total. The Bertz CT molecular complexity index is 1000. The summed E-state index contributed by atoms with van der Waals surface area (Å²) in [5.41, 5.74) is -0.434. The van der Waals surface area contributed by atoms with E-state index in [9.17, 15) is 29.1 Å². The van der Waals surface area contributed by atoms with Crippen LogP contribution in [0.1, 0.15) is 83.0 Å². The van der Waals surface area contributed by atoms with Crippen LogP contribution < -0.4 is 15.7 Å². The van der Waals surface area contributed by atoms with Gasteiger partial charge in [-0.1, -0.05) is 51.3 Å². The Balaban J connectivity index is 0.00000760. The van der Waals surface area contributed by atoms with E-state index >= 15 is 0 Å². The fourth-order valence-corrected chi connectivity index (χ4v) is 4.27. The third kappa shape index (κ3) is 9.66. The number of unbranched alkanes of at least 4 members (excludes halogenated alkanes) is 3.